The van der Waals surface area contributed by atoms with E-state index in [1.807, 2.05) is 0 Å². The van der Waals surface area contributed by atoms with Crippen LogP contribution in [0.1, 0.15) is 22.3 Å². The summed E-state index contributed by atoms with van der Waals surface area (Å²) in [5.41, 5.74) is 17.1. The lowest BCUT2D eigenvalue weighted by Gasteiger charge is -2.37. The molecule has 0 radical (unpaired) electrons. The molecule has 1 unspecified atom stereocenters. The van der Waals surface area contributed by atoms with E-state index in [4.69, 9.17) is 0 Å². The van der Waals surface area contributed by atoms with E-state index in [9.17, 15) is 0 Å². The highest BCUT2D eigenvalue weighted by Crippen LogP contribution is 2.57. The standard InChI is InChI=1S/C47H31N5/c1-2-10-30(11-3-1)31-19-21-32(22-20-31)35-28-49-40-26-25-37-36-14-5-7-16-39(36)51-41-17-8-18-42-43(41)47(50(49)29-35,44(40)45(37)51)48-27-9-13-34-24-23-33-12-4-6-15-38(33)52(42)46(34)48/h1-22,25-29H,23-24H2/q+2. The number of benzene rings is 6. The van der Waals surface area contributed by atoms with E-state index in [1.54, 1.807) is 0 Å². The SMILES string of the molecule is c1ccc(-c2ccc(-c3cn4[n+](c3)C35c6c(cccc6-n6c7ccccc7c7ccc-4c3c76)N3c4ccccc4CCc4ccc[n+]5c43)cc2)cc1. The maximum atomic E-state index is 2.61. The van der Waals surface area contributed by atoms with Crippen LogP contribution >= 0.6 is 0 Å². The Morgan fingerprint density at radius 2 is 1.21 bits per heavy atom. The summed E-state index contributed by atoms with van der Waals surface area (Å²) in [5.74, 6) is 1.25. The van der Waals surface area contributed by atoms with Crippen molar-refractivity contribution in [2.45, 2.75) is 18.5 Å². The van der Waals surface area contributed by atoms with Gasteiger partial charge in [-0.25, -0.2) is 0 Å². The van der Waals surface area contributed by atoms with Crippen LogP contribution in [0.4, 0.5) is 17.2 Å². The molecule has 1 atom stereocenters. The second kappa shape index (κ2) is 9.33. The van der Waals surface area contributed by atoms with E-state index in [2.05, 4.69) is 188 Å². The first-order valence-electron chi connectivity index (χ1n) is 18.2. The minimum absolute atomic E-state index is 0.658. The molecule has 0 amide bonds. The lowest BCUT2D eigenvalue weighted by molar-refractivity contribution is -0.991. The van der Waals surface area contributed by atoms with Gasteiger partial charge < -0.3 is 4.57 Å². The van der Waals surface area contributed by atoms with Crippen molar-refractivity contribution >= 4 is 39.0 Å². The molecule has 4 aliphatic rings. The van der Waals surface area contributed by atoms with Crippen LogP contribution in [-0.2, 0) is 18.5 Å². The molecule has 7 heterocycles. The molecule has 242 valence electrons. The molecule has 3 aromatic heterocycles. The first kappa shape index (κ1) is 27.1. The van der Waals surface area contributed by atoms with E-state index in [0.29, 0.717) is 0 Å². The molecule has 4 aliphatic heterocycles. The van der Waals surface area contributed by atoms with Crippen molar-refractivity contribution < 1.29 is 9.25 Å². The molecular formula is C47H31N5+2. The zero-order valence-electron chi connectivity index (χ0n) is 28.2. The summed E-state index contributed by atoms with van der Waals surface area (Å²) in [6.45, 7) is 0. The van der Waals surface area contributed by atoms with Crippen LogP contribution in [0.25, 0.3) is 55.4 Å². The van der Waals surface area contributed by atoms with Crippen molar-refractivity contribution in [3.05, 3.63) is 186 Å². The number of nitrogens with zero attached hydrogens (tertiary/aromatic N) is 5. The van der Waals surface area contributed by atoms with Crippen LogP contribution in [0.15, 0.2) is 164 Å². The fourth-order valence-corrected chi connectivity index (χ4v) is 10.1. The molecule has 5 nitrogen and oxygen atoms in total. The number of hydrogen-bond donors (Lipinski definition) is 0. The van der Waals surface area contributed by atoms with Crippen molar-refractivity contribution in [2.24, 2.45) is 0 Å². The van der Waals surface area contributed by atoms with Gasteiger partial charge in [0, 0.05) is 16.3 Å². The molecule has 9 aromatic rings. The smallest absolute Gasteiger partial charge is 0.307 e. The highest BCUT2D eigenvalue weighted by atomic mass is 15.5. The maximum absolute atomic E-state index is 2.61. The summed E-state index contributed by atoms with van der Waals surface area (Å²) in [6.07, 6.45) is 9.07. The summed E-state index contributed by atoms with van der Waals surface area (Å²) in [5, 5.41) is 2.58. The average Bonchev–Trinajstić information content (AvgIpc) is 3.83. The van der Waals surface area contributed by atoms with Gasteiger partial charge in [-0.3, -0.25) is 0 Å². The second-order valence-corrected chi connectivity index (χ2v) is 14.6. The number of anilines is 3. The van der Waals surface area contributed by atoms with E-state index >= 15 is 0 Å². The van der Waals surface area contributed by atoms with Crippen LogP contribution in [0.2, 0.25) is 0 Å². The van der Waals surface area contributed by atoms with Gasteiger partial charge in [0.15, 0.2) is 5.69 Å². The van der Waals surface area contributed by atoms with Crippen molar-refractivity contribution in [1.29, 1.82) is 0 Å². The summed E-state index contributed by atoms with van der Waals surface area (Å²) in [6, 6.07) is 53.9. The molecule has 5 heteroatoms. The van der Waals surface area contributed by atoms with Crippen LogP contribution < -0.4 is 14.1 Å². The Morgan fingerprint density at radius 3 is 2.12 bits per heavy atom. The molecule has 0 saturated heterocycles. The molecule has 1 spiro atoms. The minimum Gasteiger partial charge on any atom is -0.307 e. The number of aromatic nitrogens is 4. The summed E-state index contributed by atoms with van der Waals surface area (Å²) >= 11 is 0. The van der Waals surface area contributed by atoms with Gasteiger partial charge >= 0.3 is 5.66 Å². The number of aryl methyl sites for hydroxylation is 2. The van der Waals surface area contributed by atoms with Crippen molar-refractivity contribution in [3.8, 4) is 33.6 Å². The van der Waals surface area contributed by atoms with Gasteiger partial charge in [0.2, 0.25) is 6.20 Å². The molecule has 0 saturated carbocycles. The average molecular weight is 666 g/mol. The minimum atomic E-state index is -0.658. The van der Waals surface area contributed by atoms with Gasteiger partial charge in [-0.05, 0) is 83.6 Å². The van der Waals surface area contributed by atoms with Crippen LogP contribution in [0.3, 0.4) is 0 Å². The summed E-state index contributed by atoms with van der Waals surface area (Å²) in [4.78, 5) is 2.56. The molecule has 0 aliphatic carbocycles. The number of hydrogen-bond acceptors (Lipinski definition) is 1. The lowest BCUT2D eigenvalue weighted by atomic mass is 9.82. The van der Waals surface area contributed by atoms with Gasteiger partial charge in [0.1, 0.15) is 22.5 Å². The van der Waals surface area contributed by atoms with Crippen LogP contribution in [-0.4, -0.2) is 9.25 Å². The third-order valence-corrected chi connectivity index (χ3v) is 12.2. The summed E-state index contributed by atoms with van der Waals surface area (Å²) in [7, 11) is 0. The Morgan fingerprint density at radius 1 is 0.500 bits per heavy atom. The fourth-order valence-electron chi connectivity index (χ4n) is 10.1. The predicted molar refractivity (Wildman–Crippen MR) is 205 cm³/mol. The van der Waals surface area contributed by atoms with E-state index in [-0.39, 0.29) is 0 Å². The fraction of sp³-hybridized carbons (Fsp3) is 0.0638. The van der Waals surface area contributed by atoms with Crippen LogP contribution in [0.5, 0.6) is 0 Å². The molecule has 0 N–H and O–H groups in total. The van der Waals surface area contributed by atoms with Gasteiger partial charge in [-0.2, -0.15) is 9.47 Å². The van der Waals surface area contributed by atoms with Gasteiger partial charge in [-0.1, -0.05) is 102 Å². The van der Waals surface area contributed by atoms with Crippen LogP contribution in [0, 0.1) is 0 Å². The quantitative estimate of drug-likeness (QED) is 0.169. The third-order valence-electron chi connectivity index (χ3n) is 12.2. The van der Waals surface area contributed by atoms with Crippen molar-refractivity contribution in [2.75, 3.05) is 4.90 Å². The number of para-hydroxylation sites is 2. The molecule has 0 bridgehead atoms. The van der Waals surface area contributed by atoms with Gasteiger partial charge in [0.05, 0.1) is 34.7 Å². The molecule has 13 rings (SSSR count). The van der Waals surface area contributed by atoms with E-state index in [1.165, 1.54) is 94.9 Å². The molecule has 52 heavy (non-hydrogen) atoms. The Kier molecular flexibility index (Phi) is 4.86. The Bertz CT molecular complexity index is 3020. The zero-order valence-corrected chi connectivity index (χ0v) is 28.2. The Balaban J connectivity index is 1.18. The normalized spacial score (nSPS) is 16.7. The third kappa shape index (κ3) is 3.05. The molecule has 6 aromatic carbocycles. The van der Waals surface area contributed by atoms with Crippen molar-refractivity contribution in [1.82, 2.24) is 9.25 Å². The van der Waals surface area contributed by atoms with Gasteiger partial charge in [0.25, 0.3) is 5.82 Å². The molecule has 0 fully saturated rings. The van der Waals surface area contributed by atoms with E-state index in [0.717, 1.165) is 12.8 Å². The van der Waals surface area contributed by atoms with Crippen molar-refractivity contribution in [3.63, 3.8) is 0 Å². The van der Waals surface area contributed by atoms with Gasteiger partial charge in [-0.15, -0.1) is 4.68 Å². The predicted octanol–water partition coefficient (Wildman–Crippen LogP) is 9.29. The largest absolute Gasteiger partial charge is 0.394 e. The highest BCUT2D eigenvalue weighted by molar-refractivity contribution is 6.13. The molecular weight excluding hydrogens is 635 g/mol. The Hall–Kier alpha value is -6.72. The second-order valence-electron chi connectivity index (χ2n) is 14.6. The zero-order chi connectivity index (χ0) is 33.7. The maximum Gasteiger partial charge on any atom is 0.394 e. The monoisotopic (exact) mass is 665 g/mol. The number of rotatable bonds is 2. The first-order chi connectivity index (χ1) is 25.8. The number of pyridine rings is 1. The Labute approximate surface area is 300 Å². The van der Waals surface area contributed by atoms with E-state index < -0.39 is 5.66 Å². The summed E-state index contributed by atoms with van der Waals surface area (Å²) < 4.78 is 10.1. The topological polar surface area (TPSA) is 20.9 Å². The lowest BCUT2D eigenvalue weighted by Crippen LogP contribution is -2.77. The highest BCUT2D eigenvalue weighted by Gasteiger charge is 2.69. The first-order valence-corrected chi connectivity index (χ1v) is 18.2. The number of fused-ring (bicyclic) bond motifs is 9.